The van der Waals surface area contributed by atoms with Gasteiger partial charge in [0.25, 0.3) is 0 Å². The molecule has 0 saturated carbocycles. The Morgan fingerprint density at radius 2 is 2.14 bits per heavy atom. The molecule has 4 aliphatic rings. The van der Waals surface area contributed by atoms with Crippen molar-refractivity contribution in [3.63, 3.8) is 0 Å². The van der Waals surface area contributed by atoms with Gasteiger partial charge in [0, 0.05) is 61.2 Å². The Hall–Kier alpha value is -2.54. The van der Waals surface area contributed by atoms with E-state index in [2.05, 4.69) is 22.3 Å². The number of carbonyl (C=O) groups is 1. The first-order chi connectivity index (χ1) is 14.0. The summed E-state index contributed by atoms with van der Waals surface area (Å²) >= 11 is 0. The highest BCUT2D eigenvalue weighted by Gasteiger charge is 2.63. The van der Waals surface area contributed by atoms with Gasteiger partial charge in [-0.25, -0.2) is 0 Å². The van der Waals surface area contributed by atoms with E-state index < -0.39 is 0 Å². The van der Waals surface area contributed by atoms with Crippen LogP contribution >= 0.6 is 0 Å². The number of amides is 1. The van der Waals surface area contributed by atoms with Gasteiger partial charge in [-0.05, 0) is 31.9 Å². The van der Waals surface area contributed by atoms with Crippen LogP contribution < -0.4 is 19.7 Å². The molecule has 7 nitrogen and oxygen atoms in total. The highest BCUT2D eigenvalue weighted by Crippen LogP contribution is 2.55. The van der Waals surface area contributed by atoms with E-state index in [1.165, 1.54) is 5.69 Å². The molecule has 0 radical (unpaired) electrons. The fraction of sp³-hybridized carbons (Fsp3) is 0.545. The first kappa shape index (κ1) is 17.3. The van der Waals surface area contributed by atoms with Crippen molar-refractivity contribution < 1.29 is 19.0 Å². The SMILES string of the molecule is CC(=O)NC[C@H]1[C@H]2CN(c3cc(C)nc4cc5c(cc34)OCO5)C[C@]23CC[C@H]1O3. The minimum atomic E-state index is -0.0896. The average molecular weight is 395 g/mol. The molecule has 1 N–H and O–H groups in total. The lowest BCUT2D eigenvalue weighted by Gasteiger charge is -2.29. The van der Waals surface area contributed by atoms with Crippen LogP contribution in [-0.4, -0.2) is 49.0 Å². The number of benzene rings is 1. The third kappa shape index (κ3) is 2.53. The summed E-state index contributed by atoms with van der Waals surface area (Å²) in [5.74, 6) is 2.39. The van der Waals surface area contributed by atoms with Crippen LogP contribution in [0.15, 0.2) is 18.2 Å². The zero-order valence-corrected chi connectivity index (χ0v) is 16.7. The van der Waals surface area contributed by atoms with Crippen LogP contribution in [0, 0.1) is 18.8 Å². The van der Waals surface area contributed by atoms with Gasteiger partial charge in [0.05, 0.1) is 17.2 Å². The molecule has 5 heterocycles. The van der Waals surface area contributed by atoms with Gasteiger partial charge in [-0.15, -0.1) is 0 Å². The van der Waals surface area contributed by atoms with Crippen molar-refractivity contribution in [1.29, 1.82) is 0 Å². The first-order valence-corrected chi connectivity index (χ1v) is 10.4. The molecule has 3 saturated heterocycles. The van der Waals surface area contributed by atoms with Crippen LogP contribution in [0.25, 0.3) is 10.9 Å². The second-order valence-electron chi connectivity index (χ2n) is 8.85. The van der Waals surface area contributed by atoms with E-state index in [1.807, 2.05) is 13.0 Å². The second kappa shape index (κ2) is 5.98. The topological polar surface area (TPSA) is 72.9 Å². The lowest BCUT2D eigenvalue weighted by molar-refractivity contribution is -0.119. The Kier molecular flexibility index (Phi) is 3.57. The molecule has 1 spiro atoms. The number of pyridine rings is 1. The molecule has 4 aliphatic heterocycles. The number of ether oxygens (including phenoxy) is 3. The normalized spacial score (nSPS) is 31.5. The molecule has 4 atom stereocenters. The van der Waals surface area contributed by atoms with Crippen LogP contribution in [0.2, 0.25) is 0 Å². The minimum Gasteiger partial charge on any atom is -0.454 e. The Bertz CT molecular complexity index is 1020. The second-order valence-corrected chi connectivity index (χ2v) is 8.85. The van der Waals surface area contributed by atoms with Crippen molar-refractivity contribution in [3.8, 4) is 11.5 Å². The summed E-state index contributed by atoms with van der Waals surface area (Å²) in [6.45, 7) is 6.40. The summed E-state index contributed by atoms with van der Waals surface area (Å²) in [5, 5.41) is 4.11. The molecule has 7 heteroatoms. The molecule has 0 aliphatic carbocycles. The van der Waals surface area contributed by atoms with E-state index in [0.717, 1.165) is 54.0 Å². The number of hydrogen-bond acceptors (Lipinski definition) is 6. The summed E-state index contributed by atoms with van der Waals surface area (Å²) < 4.78 is 17.7. The Labute approximate surface area is 169 Å². The third-order valence-corrected chi connectivity index (χ3v) is 7.12. The van der Waals surface area contributed by atoms with Crippen LogP contribution in [0.5, 0.6) is 11.5 Å². The van der Waals surface area contributed by atoms with Crippen molar-refractivity contribution in [3.05, 3.63) is 23.9 Å². The van der Waals surface area contributed by atoms with E-state index in [1.54, 1.807) is 6.92 Å². The van der Waals surface area contributed by atoms with Crippen molar-refractivity contribution >= 4 is 22.5 Å². The van der Waals surface area contributed by atoms with Gasteiger partial charge in [-0.3, -0.25) is 9.78 Å². The number of fused-ring (bicyclic) bond motifs is 3. The Morgan fingerprint density at radius 1 is 1.31 bits per heavy atom. The monoisotopic (exact) mass is 395 g/mol. The minimum absolute atomic E-state index is 0.0310. The Morgan fingerprint density at radius 3 is 2.97 bits per heavy atom. The number of nitrogens with zero attached hydrogens (tertiary/aromatic N) is 2. The average Bonchev–Trinajstić information content (AvgIpc) is 3.43. The van der Waals surface area contributed by atoms with E-state index in [4.69, 9.17) is 19.2 Å². The standard InChI is InChI=1S/C22H25N3O4/c1-12-5-18(14-6-20-21(28-11-27-20)7-17(14)24-12)25-9-16-15(8-23-13(2)26)19-3-4-22(16,10-25)29-19/h5-7,15-16,19H,3-4,8-11H2,1-2H3,(H,23,26)/t15-,16+,19+,22+/m0/s1. The van der Waals surface area contributed by atoms with Gasteiger partial charge in [0.2, 0.25) is 12.7 Å². The lowest BCUT2D eigenvalue weighted by atomic mass is 9.73. The predicted octanol–water partition coefficient (Wildman–Crippen LogP) is 2.39. The summed E-state index contributed by atoms with van der Waals surface area (Å²) in [5.41, 5.74) is 3.01. The number of rotatable bonds is 3. The molecule has 152 valence electrons. The van der Waals surface area contributed by atoms with Gasteiger partial charge >= 0.3 is 0 Å². The summed E-state index contributed by atoms with van der Waals surface area (Å²) in [6.07, 6.45) is 2.46. The molecule has 2 aromatic rings. The van der Waals surface area contributed by atoms with E-state index >= 15 is 0 Å². The highest BCUT2D eigenvalue weighted by atomic mass is 16.7. The van der Waals surface area contributed by atoms with Crippen molar-refractivity contribution in [2.24, 2.45) is 11.8 Å². The number of anilines is 1. The van der Waals surface area contributed by atoms with Crippen LogP contribution in [0.1, 0.15) is 25.5 Å². The smallest absolute Gasteiger partial charge is 0.231 e. The number of hydrogen-bond donors (Lipinski definition) is 1. The zero-order chi connectivity index (χ0) is 19.8. The van der Waals surface area contributed by atoms with Gasteiger partial charge in [-0.1, -0.05) is 0 Å². The Balaban J connectivity index is 1.37. The molecule has 29 heavy (non-hydrogen) atoms. The van der Waals surface area contributed by atoms with E-state index in [0.29, 0.717) is 18.4 Å². The maximum atomic E-state index is 11.5. The lowest BCUT2D eigenvalue weighted by Crippen LogP contribution is -2.41. The van der Waals surface area contributed by atoms with Gasteiger partial charge in [-0.2, -0.15) is 0 Å². The summed E-state index contributed by atoms with van der Waals surface area (Å²) in [6, 6.07) is 6.20. The van der Waals surface area contributed by atoms with Crippen LogP contribution in [-0.2, 0) is 9.53 Å². The number of aryl methyl sites for hydroxylation is 1. The quantitative estimate of drug-likeness (QED) is 0.860. The fourth-order valence-electron chi connectivity index (χ4n) is 5.90. The third-order valence-electron chi connectivity index (χ3n) is 7.12. The summed E-state index contributed by atoms with van der Waals surface area (Å²) in [4.78, 5) is 18.6. The molecule has 1 aromatic carbocycles. The van der Waals surface area contributed by atoms with Crippen LogP contribution in [0.3, 0.4) is 0 Å². The molecular weight excluding hydrogens is 370 g/mol. The first-order valence-electron chi connectivity index (χ1n) is 10.4. The number of aromatic nitrogens is 1. The number of carbonyl (C=O) groups excluding carboxylic acids is 1. The van der Waals surface area contributed by atoms with Gasteiger partial charge < -0.3 is 24.4 Å². The fourth-order valence-corrected chi connectivity index (χ4v) is 5.90. The van der Waals surface area contributed by atoms with Crippen LogP contribution in [0.4, 0.5) is 5.69 Å². The van der Waals surface area contributed by atoms with E-state index in [-0.39, 0.29) is 24.4 Å². The molecule has 6 rings (SSSR count). The maximum absolute atomic E-state index is 11.5. The molecule has 3 fully saturated rings. The van der Waals surface area contributed by atoms with Gasteiger partial charge in [0.15, 0.2) is 11.5 Å². The molecular formula is C22H25N3O4. The largest absolute Gasteiger partial charge is 0.454 e. The molecule has 1 aromatic heterocycles. The molecule has 2 bridgehead atoms. The number of nitrogens with one attached hydrogen (secondary N) is 1. The zero-order valence-electron chi connectivity index (χ0n) is 16.7. The predicted molar refractivity (Wildman–Crippen MR) is 107 cm³/mol. The summed E-state index contributed by atoms with van der Waals surface area (Å²) in [7, 11) is 0. The van der Waals surface area contributed by atoms with E-state index in [9.17, 15) is 4.79 Å². The van der Waals surface area contributed by atoms with Crippen molar-refractivity contribution in [2.45, 2.75) is 38.4 Å². The van der Waals surface area contributed by atoms with Crippen molar-refractivity contribution in [2.75, 3.05) is 31.3 Å². The molecule has 1 amide bonds. The van der Waals surface area contributed by atoms with Crippen molar-refractivity contribution in [1.82, 2.24) is 10.3 Å². The van der Waals surface area contributed by atoms with Gasteiger partial charge in [0.1, 0.15) is 0 Å². The highest BCUT2D eigenvalue weighted by molar-refractivity contribution is 5.94. The maximum Gasteiger partial charge on any atom is 0.231 e. The molecule has 0 unspecified atom stereocenters.